The third-order valence-corrected chi connectivity index (χ3v) is 3.91. The molecule has 0 spiro atoms. The van der Waals surface area contributed by atoms with Crippen molar-refractivity contribution >= 4 is 17.6 Å². The monoisotopic (exact) mass is 276 g/mol. The zero-order chi connectivity index (χ0) is 14.7. The molecular weight excluding hydrogens is 256 g/mol. The molecule has 4 N–H and O–H groups in total. The van der Waals surface area contributed by atoms with Gasteiger partial charge in [-0.25, -0.2) is 4.79 Å². The second-order valence-electron chi connectivity index (χ2n) is 5.40. The molecule has 5 heteroatoms. The number of benzene rings is 1. The topological polar surface area (TPSA) is 92.4 Å². The van der Waals surface area contributed by atoms with Crippen molar-refractivity contribution in [1.82, 2.24) is 0 Å². The first-order valence-electron chi connectivity index (χ1n) is 6.88. The van der Waals surface area contributed by atoms with Crippen LogP contribution in [0.4, 0.5) is 5.69 Å². The van der Waals surface area contributed by atoms with E-state index in [2.05, 4.69) is 5.32 Å². The number of anilines is 1. The van der Waals surface area contributed by atoms with Gasteiger partial charge in [-0.05, 0) is 43.9 Å². The molecule has 0 aliphatic heterocycles. The summed E-state index contributed by atoms with van der Waals surface area (Å²) in [5.74, 6) is -1.13. The van der Waals surface area contributed by atoms with Crippen LogP contribution >= 0.6 is 0 Å². The molecule has 20 heavy (non-hydrogen) atoms. The minimum atomic E-state index is -0.988. The molecule has 1 fully saturated rings. The summed E-state index contributed by atoms with van der Waals surface area (Å²) in [6, 6.07) is 4.98. The number of nitrogens with one attached hydrogen (secondary N) is 1. The lowest BCUT2D eigenvalue weighted by molar-refractivity contribution is -0.120. The van der Waals surface area contributed by atoms with Gasteiger partial charge in [0.15, 0.2) is 0 Å². The van der Waals surface area contributed by atoms with Crippen molar-refractivity contribution in [2.45, 2.75) is 38.6 Å². The summed E-state index contributed by atoms with van der Waals surface area (Å²) in [4.78, 5) is 23.3. The Balaban J connectivity index is 2.11. The molecule has 0 radical (unpaired) electrons. The smallest absolute Gasteiger partial charge is 0.336 e. The van der Waals surface area contributed by atoms with E-state index in [9.17, 15) is 9.59 Å². The van der Waals surface area contributed by atoms with Gasteiger partial charge >= 0.3 is 5.97 Å². The van der Waals surface area contributed by atoms with Crippen molar-refractivity contribution in [3.63, 3.8) is 0 Å². The summed E-state index contributed by atoms with van der Waals surface area (Å²) < 4.78 is 0. The van der Waals surface area contributed by atoms with Crippen molar-refractivity contribution < 1.29 is 14.7 Å². The van der Waals surface area contributed by atoms with Crippen molar-refractivity contribution in [2.75, 3.05) is 5.32 Å². The molecular formula is C15H20N2O3. The van der Waals surface area contributed by atoms with Crippen LogP contribution in [-0.4, -0.2) is 23.0 Å². The molecule has 0 aromatic heterocycles. The molecule has 1 aliphatic carbocycles. The van der Waals surface area contributed by atoms with Crippen LogP contribution in [0.15, 0.2) is 18.2 Å². The van der Waals surface area contributed by atoms with Crippen LogP contribution in [0.1, 0.15) is 41.6 Å². The van der Waals surface area contributed by atoms with Crippen LogP contribution in [0.2, 0.25) is 0 Å². The Morgan fingerprint density at radius 2 is 2.10 bits per heavy atom. The molecule has 0 bridgehead atoms. The molecule has 1 aliphatic rings. The predicted octanol–water partition coefficient (Wildman–Crippen LogP) is 2.15. The molecule has 1 amide bonds. The Bertz CT molecular complexity index is 528. The normalized spacial score (nSPS) is 22.3. The fraction of sp³-hybridized carbons (Fsp3) is 0.467. The van der Waals surface area contributed by atoms with E-state index in [0.29, 0.717) is 17.7 Å². The molecule has 5 nitrogen and oxygen atoms in total. The Hall–Kier alpha value is -1.88. The number of hydrogen-bond acceptors (Lipinski definition) is 3. The molecule has 1 aromatic rings. The minimum absolute atomic E-state index is 0.0641. The van der Waals surface area contributed by atoms with Crippen molar-refractivity contribution in [1.29, 1.82) is 0 Å². The zero-order valence-corrected chi connectivity index (χ0v) is 11.6. The van der Waals surface area contributed by atoms with Crippen LogP contribution in [-0.2, 0) is 4.79 Å². The molecule has 2 unspecified atom stereocenters. The average Bonchev–Trinajstić information content (AvgIpc) is 2.40. The van der Waals surface area contributed by atoms with Gasteiger partial charge in [0, 0.05) is 17.6 Å². The van der Waals surface area contributed by atoms with E-state index >= 15 is 0 Å². The Morgan fingerprint density at radius 3 is 2.75 bits per heavy atom. The maximum absolute atomic E-state index is 12.2. The number of carboxylic acids is 1. The SMILES string of the molecule is Cc1c(NC(=O)C2CCCC(N)C2)cccc1C(=O)O. The van der Waals surface area contributed by atoms with Gasteiger partial charge < -0.3 is 16.2 Å². The van der Waals surface area contributed by atoms with E-state index in [1.807, 2.05) is 0 Å². The second-order valence-corrected chi connectivity index (χ2v) is 5.40. The highest BCUT2D eigenvalue weighted by molar-refractivity contribution is 5.96. The minimum Gasteiger partial charge on any atom is -0.478 e. The molecule has 2 rings (SSSR count). The maximum atomic E-state index is 12.2. The van der Waals surface area contributed by atoms with Crippen LogP contribution in [0.3, 0.4) is 0 Å². The number of hydrogen-bond donors (Lipinski definition) is 3. The van der Waals surface area contributed by atoms with Crippen molar-refractivity contribution in [2.24, 2.45) is 11.7 Å². The van der Waals surface area contributed by atoms with E-state index in [-0.39, 0.29) is 23.4 Å². The average molecular weight is 276 g/mol. The number of carbonyl (C=O) groups is 2. The number of nitrogens with two attached hydrogens (primary N) is 1. The quantitative estimate of drug-likeness (QED) is 0.788. The van der Waals surface area contributed by atoms with Crippen LogP contribution in [0, 0.1) is 12.8 Å². The van der Waals surface area contributed by atoms with E-state index in [0.717, 1.165) is 19.3 Å². The van der Waals surface area contributed by atoms with E-state index < -0.39 is 5.97 Å². The van der Waals surface area contributed by atoms with Crippen LogP contribution in [0.25, 0.3) is 0 Å². The highest BCUT2D eigenvalue weighted by atomic mass is 16.4. The Morgan fingerprint density at radius 1 is 1.35 bits per heavy atom. The van der Waals surface area contributed by atoms with Gasteiger partial charge in [0.1, 0.15) is 0 Å². The molecule has 2 atom stereocenters. The van der Waals surface area contributed by atoms with Gasteiger partial charge in [0.05, 0.1) is 5.56 Å². The number of carboxylic acid groups (broad SMARTS) is 1. The van der Waals surface area contributed by atoms with Gasteiger partial charge in [-0.15, -0.1) is 0 Å². The summed E-state index contributed by atoms with van der Waals surface area (Å²) in [6.07, 6.45) is 3.48. The third-order valence-electron chi connectivity index (χ3n) is 3.91. The molecule has 0 heterocycles. The summed E-state index contributed by atoms with van der Waals surface area (Å²) in [5.41, 5.74) is 7.24. The second kappa shape index (κ2) is 6.05. The lowest BCUT2D eigenvalue weighted by Crippen LogP contribution is -2.34. The molecule has 1 saturated carbocycles. The van der Waals surface area contributed by atoms with E-state index in [1.165, 1.54) is 6.07 Å². The highest BCUT2D eigenvalue weighted by Gasteiger charge is 2.25. The summed E-state index contributed by atoms with van der Waals surface area (Å²) in [5, 5.41) is 11.9. The summed E-state index contributed by atoms with van der Waals surface area (Å²) >= 11 is 0. The van der Waals surface area contributed by atoms with Gasteiger partial charge in [0.2, 0.25) is 5.91 Å². The Labute approximate surface area is 118 Å². The highest BCUT2D eigenvalue weighted by Crippen LogP contribution is 2.26. The zero-order valence-electron chi connectivity index (χ0n) is 11.6. The van der Waals surface area contributed by atoms with Crippen LogP contribution in [0.5, 0.6) is 0 Å². The van der Waals surface area contributed by atoms with Gasteiger partial charge in [-0.1, -0.05) is 12.5 Å². The maximum Gasteiger partial charge on any atom is 0.336 e. The first-order chi connectivity index (χ1) is 9.49. The van der Waals surface area contributed by atoms with Gasteiger partial charge in [-0.2, -0.15) is 0 Å². The number of amides is 1. The lowest BCUT2D eigenvalue weighted by atomic mass is 9.85. The fourth-order valence-corrected chi connectivity index (χ4v) is 2.70. The molecule has 0 saturated heterocycles. The first kappa shape index (κ1) is 14.5. The lowest BCUT2D eigenvalue weighted by Gasteiger charge is -2.26. The summed E-state index contributed by atoms with van der Waals surface area (Å²) in [6.45, 7) is 1.70. The summed E-state index contributed by atoms with van der Waals surface area (Å²) in [7, 11) is 0. The van der Waals surface area contributed by atoms with E-state index in [1.54, 1.807) is 19.1 Å². The predicted molar refractivity (Wildman–Crippen MR) is 76.7 cm³/mol. The number of aromatic carboxylic acids is 1. The number of carbonyl (C=O) groups excluding carboxylic acids is 1. The standard InChI is InChI=1S/C15H20N2O3/c1-9-12(15(19)20)6-3-7-13(9)17-14(18)10-4-2-5-11(16)8-10/h3,6-7,10-11H,2,4-5,8,16H2,1H3,(H,17,18)(H,19,20). The Kier molecular flexibility index (Phi) is 4.39. The van der Waals surface area contributed by atoms with E-state index in [4.69, 9.17) is 10.8 Å². The van der Waals surface area contributed by atoms with Crippen molar-refractivity contribution in [3.05, 3.63) is 29.3 Å². The molecule has 108 valence electrons. The fourth-order valence-electron chi connectivity index (χ4n) is 2.70. The van der Waals surface area contributed by atoms with Crippen molar-refractivity contribution in [3.8, 4) is 0 Å². The number of rotatable bonds is 3. The first-order valence-corrected chi connectivity index (χ1v) is 6.88. The molecule has 1 aromatic carbocycles. The van der Waals surface area contributed by atoms with Crippen LogP contribution < -0.4 is 11.1 Å². The largest absolute Gasteiger partial charge is 0.478 e. The third kappa shape index (κ3) is 3.17. The van der Waals surface area contributed by atoms with Gasteiger partial charge in [0.25, 0.3) is 0 Å². The van der Waals surface area contributed by atoms with Gasteiger partial charge in [-0.3, -0.25) is 4.79 Å².